The molecule has 1 amide bonds. The zero-order valence-corrected chi connectivity index (χ0v) is 20.7. The van der Waals surface area contributed by atoms with Crippen molar-refractivity contribution in [3.8, 4) is 0 Å². The quantitative estimate of drug-likeness (QED) is 0.422. The topological polar surface area (TPSA) is 94.0 Å². The third-order valence-corrected chi connectivity index (χ3v) is 7.55. The smallest absolute Gasteiger partial charge is 0.243 e. The molecule has 0 bridgehead atoms. The Morgan fingerprint density at radius 1 is 1.06 bits per heavy atom. The number of aromatic nitrogens is 2. The number of fused-ring (bicyclic) bond motifs is 1. The van der Waals surface area contributed by atoms with Crippen LogP contribution in [0.3, 0.4) is 0 Å². The fourth-order valence-electron chi connectivity index (χ4n) is 3.72. The molecule has 32 heavy (non-hydrogen) atoms. The molecule has 0 N–H and O–H groups in total. The SMILES string of the molecule is CCN(CC)S(=O)(=O)c1ccc2c(c1)nc(CCC(=O)N(CCOC)CCOC)n2CC. The number of aryl methyl sites for hydroxylation is 2. The summed E-state index contributed by atoms with van der Waals surface area (Å²) >= 11 is 0. The van der Waals surface area contributed by atoms with Gasteiger partial charge in [0.1, 0.15) is 5.82 Å². The molecule has 0 radical (unpaired) electrons. The lowest BCUT2D eigenvalue weighted by Gasteiger charge is -2.22. The van der Waals surface area contributed by atoms with Gasteiger partial charge in [0.15, 0.2) is 0 Å². The number of hydrogen-bond acceptors (Lipinski definition) is 6. The predicted molar refractivity (Wildman–Crippen MR) is 124 cm³/mol. The van der Waals surface area contributed by atoms with Crippen LogP contribution in [-0.4, -0.2) is 86.7 Å². The third kappa shape index (κ3) is 6.06. The Balaban J connectivity index is 2.26. The van der Waals surface area contributed by atoms with Gasteiger partial charge >= 0.3 is 0 Å². The van der Waals surface area contributed by atoms with Crippen LogP contribution in [0.4, 0.5) is 0 Å². The standard InChI is InChI=1S/C22H36N4O5S/c1-6-25(7-2)32(28,29)18-9-10-20-19(17-18)23-21(26(20)8-3)11-12-22(27)24(13-15-30-4)14-16-31-5/h9-10,17H,6-8,11-16H2,1-5H3. The van der Waals surface area contributed by atoms with Gasteiger partial charge in [-0.05, 0) is 25.1 Å². The fraction of sp³-hybridized carbons (Fsp3) is 0.636. The highest BCUT2D eigenvalue weighted by molar-refractivity contribution is 7.89. The summed E-state index contributed by atoms with van der Waals surface area (Å²) in [7, 11) is -0.341. The van der Waals surface area contributed by atoms with Gasteiger partial charge in [-0.1, -0.05) is 13.8 Å². The molecule has 2 aromatic rings. The van der Waals surface area contributed by atoms with Crippen molar-refractivity contribution in [1.29, 1.82) is 0 Å². The Kier molecular flexibility index (Phi) is 10.1. The van der Waals surface area contributed by atoms with E-state index in [1.165, 1.54) is 4.31 Å². The molecule has 10 heteroatoms. The van der Waals surface area contributed by atoms with Crippen molar-refractivity contribution in [1.82, 2.24) is 18.8 Å². The van der Waals surface area contributed by atoms with Crippen LogP contribution in [0.5, 0.6) is 0 Å². The molecule has 0 saturated carbocycles. The highest BCUT2D eigenvalue weighted by Crippen LogP contribution is 2.23. The van der Waals surface area contributed by atoms with E-state index in [2.05, 4.69) is 4.98 Å². The van der Waals surface area contributed by atoms with Crippen molar-refractivity contribution in [2.24, 2.45) is 0 Å². The van der Waals surface area contributed by atoms with Gasteiger partial charge in [-0.15, -0.1) is 0 Å². The van der Waals surface area contributed by atoms with E-state index in [1.807, 2.05) is 25.3 Å². The van der Waals surface area contributed by atoms with Crippen molar-refractivity contribution in [3.63, 3.8) is 0 Å². The molecule has 180 valence electrons. The highest BCUT2D eigenvalue weighted by Gasteiger charge is 2.23. The lowest BCUT2D eigenvalue weighted by Crippen LogP contribution is -2.36. The van der Waals surface area contributed by atoms with Crippen LogP contribution in [-0.2, 0) is 37.3 Å². The molecule has 0 aliphatic rings. The summed E-state index contributed by atoms with van der Waals surface area (Å²) in [5.74, 6) is 0.783. The minimum absolute atomic E-state index is 0.0126. The van der Waals surface area contributed by atoms with Crippen LogP contribution in [0.1, 0.15) is 33.0 Å². The van der Waals surface area contributed by atoms with Gasteiger partial charge in [0, 0.05) is 59.8 Å². The number of rotatable bonds is 14. The number of amides is 1. The molecule has 2 rings (SSSR count). The number of imidazole rings is 1. The van der Waals surface area contributed by atoms with Crippen molar-refractivity contribution >= 4 is 27.0 Å². The van der Waals surface area contributed by atoms with Crippen molar-refractivity contribution in [2.75, 3.05) is 53.6 Å². The maximum absolute atomic E-state index is 12.9. The Labute approximate surface area is 191 Å². The largest absolute Gasteiger partial charge is 0.383 e. The van der Waals surface area contributed by atoms with E-state index in [4.69, 9.17) is 9.47 Å². The molecule has 0 spiro atoms. The molecule has 1 heterocycles. The number of carbonyl (C=O) groups is 1. The van der Waals surface area contributed by atoms with Crippen LogP contribution >= 0.6 is 0 Å². The van der Waals surface area contributed by atoms with Crippen LogP contribution in [0.2, 0.25) is 0 Å². The molecular formula is C22H36N4O5S. The second kappa shape index (κ2) is 12.3. The first-order chi connectivity index (χ1) is 15.3. The van der Waals surface area contributed by atoms with Gasteiger partial charge in [-0.25, -0.2) is 13.4 Å². The van der Waals surface area contributed by atoms with Crippen molar-refractivity contribution in [3.05, 3.63) is 24.0 Å². The van der Waals surface area contributed by atoms with Crippen molar-refractivity contribution < 1.29 is 22.7 Å². The van der Waals surface area contributed by atoms with E-state index in [0.717, 1.165) is 11.3 Å². The summed E-state index contributed by atoms with van der Waals surface area (Å²) in [5.41, 5.74) is 1.49. The minimum atomic E-state index is -3.56. The van der Waals surface area contributed by atoms with Gasteiger partial charge in [0.2, 0.25) is 15.9 Å². The number of nitrogens with zero attached hydrogens (tertiary/aromatic N) is 4. The molecule has 1 aromatic carbocycles. The Hall–Kier alpha value is -2.01. The summed E-state index contributed by atoms with van der Waals surface area (Å²) < 4.78 is 39.4. The maximum atomic E-state index is 12.9. The van der Waals surface area contributed by atoms with E-state index in [-0.39, 0.29) is 10.8 Å². The zero-order valence-electron chi connectivity index (χ0n) is 19.8. The van der Waals surface area contributed by atoms with E-state index in [0.29, 0.717) is 64.3 Å². The second-order valence-electron chi connectivity index (χ2n) is 7.38. The zero-order chi connectivity index (χ0) is 23.7. The summed E-state index contributed by atoms with van der Waals surface area (Å²) in [6, 6.07) is 5.07. The number of carbonyl (C=O) groups excluding carboxylic acids is 1. The van der Waals surface area contributed by atoms with E-state index >= 15 is 0 Å². The highest BCUT2D eigenvalue weighted by atomic mass is 32.2. The average molecular weight is 469 g/mol. The van der Waals surface area contributed by atoms with Crippen molar-refractivity contribution in [2.45, 2.75) is 45.1 Å². The number of hydrogen-bond donors (Lipinski definition) is 0. The predicted octanol–water partition coefficient (Wildman–Crippen LogP) is 2.14. The number of ether oxygens (including phenoxy) is 2. The first-order valence-electron chi connectivity index (χ1n) is 11.1. The first-order valence-corrected chi connectivity index (χ1v) is 12.5. The maximum Gasteiger partial charge on any atom is 0.243 e. The molecule has 9 nitrogen and oxygen atoms in total. The van der Waals surface area contributed by atoms with E-state index in [1.54, 1.807) is 37.3 Å². The molecule has 1 aromatic heterocycles. The van der Waals surface area contributed by atoms with Crippen LogP contribution in [0, 0.1) is 0 Å². The normalized spacial score (nSPS) is 12.1. The lowest BCUT2D eigenvalue weighted by molar-refractivity contribution is -0.132. The van der Waals surface area contributed by atoms with E-state index < -0.39 is 10.0 Å². The summed E-state index contributed by atoms with van der Waals surface area (Å²) in [6.45, 7) is 9.11. The monoisotopic (exact) mass is 468 g/mol. The van der Waals surface area contributed by atoms with Gasteiger partial charge in [0.25, 0.3) is 0 Å². The Morgan fingerprint density at radius 2 is 1.69 bits per heavy atom. The van der Waals surface area contributed by atoms with E-state index in [9.17, 15) is 13.2 Å². The molecule has 0 atom stereocenters. The molecule has 0 unspecified atom stereocenters. The Morgan fingerprint density at radius 3 is 2.22 bits per heavy atom. The van der Waals surface area contributed by atoms with Gasteiger partial charge in [0.05, 0.1) is 29.1 Å². The first kappa shape index (κ1) is 26.2. The summed E-state index contributed by atoms with van der Waals surface area (Å²) in [5, 5.41) is 0. The van der Waals surface area contributed by atoms with Crippen LogP contribution in [0.25, 0.3) is 11.0 Å². The molecule has 0 saturated heterocycles. The van der Waals surface area contributed by atoms with Gasteiger partial charge in [-0.3, -0.25) is 4.79 Å². The molecular weight excluding hydrogens is 432 g/mol. The third-order valence-electron chi connectivity index (χ3n) is 5.50. The lowest BCUT2D eigenvalue weighted by atomic mass is 10.2. The van der Waals surface area contributed by atoms with Gasteiger partial charge in [-0.2, -0.15) is 4.31 Å². The second-order valence-corrected chi connectivity index (χ2v) is 9.32. The summed E-state index contributed by atoms with van der Waals surface area (Å²) in [4.78, 5) is 19.4. The Bertz CT molecular complexity index is 978. The fourth-order valence-corrected chi connectivity index (χ4v) is 5.20. The summed E-state index contributed by atoms with van der Waals surface area (Å²) in [6.07, 6.45) is 0.775. The number of methoxy groups -OCH3 is 2. The number of benzene rings is 1. The van der Waals surface area contributed by atoms with Gasteiger partial charge < -0.3 is 18.9 Å². The molecule has 0 aliphatic heterocycles. The average Bonchev–Trinajstić information content (AvgIpc) is 3.14. The number of sulfonamides is 1. The minimum Gasteiger partial charge on any atom is -0.383 e. The molecule has 0 fully saturated rings. The molecule has 0 aliphatic carbocycles. The van der Waals surface area contributed by atoms with Crippen LogP contribution in [0.15, 0.2) is 23.1 Å². The van der Waals surface area contributed by atoms with Crippen LogP contribution < -0.4 is 0 Å².